The van der Waals surface area contributed by atoms with E-state index in [1.54, 1.807) is 0 Å². The van der Waals surface area contributed by atoms with Crippen LogP contribution in [-0.2, 0) is 13.1 Å². The molecule has 2 aromatic rings. The first-order chi connectivity index (χ1) is 10.1. The monoisotopic (exact) mass is 410 g/mol. The fraction of sp³-hybridized carbons (Fsp3) is 0.294. The van der Waals surface area contributed by atoms with Gasteiger partial charge in [-0.3, -0.25) is 0 Å². The number of anilines is 1. The summed E-state index contributed by atoms with van der Waals surface area (Å²) < 4.78 is 2.24. The Bertz CT molecular complexity index is 582. The van der Waals surface area contributed by atoms with E-state index in [4.69, 9.17) is 0 Å². The Hall–Kier alpha value is -0.840. The summed E-state index contributed by atoms with van der Waals surface area (Å²) in [6, 6.07) is 15.0. The molecule has 0 saturated carbocycles. The maximum Gasteiger partial charge on any atom is 0.0426 e. The van der Waals surface area contributed by atoms with Crippen LogP contribution in [0.25, 0.3) is 0 Å². The maximum atomic E-state index is 3.56. The average molecular weight is 412 g/mol. The van der Waals surface area contributed by atoms with Gasteiger partial charge in [0.05, 0.1) is 0 Å². The topological polar surface area (TPSA) is 15.3 Å². The van der Waals surface area contributed by atoms with Crippen molar-refractivity contribution in [1.29, 1.82) is 0 Å². The summed E-state index contributed by atoms with van der Waals surface area (Å²) in [6.07, 6.45) is 0. The largest absolute Gasteiger partial charge is 0.370 e. The molecule has 0 aliphatic carbocycles. The van der Waals surface area contributed by atoms with Gasteiger partial charge < -0.3 is 10.2 Å². The lowest BCUT2D eigenvalue weighted by atomic mass is 10.1. The standard InChI is InChI=1S/C17H20Br2N2/c1-3-20-11-14-10-16(19)8-9-17(14)21(2)12-13-4-6-15(18)7-5-13/h4-10,20H,3,11-12H2,1-2H3. The highest BCUT2D eigenvalue weighted by atomic mass is 79.9. The van der Waals surface area contributed by atoms with Crippen LogP contribution in [0.2, 0.25) is 0 Å². The van der Waals surface area contributed by atoms with Crippen LogP contribution < -0.4 is 10.2 Å². The van der Waals surface area contributed by atoms with Gasteiger partial charge in [0, 0.05) is 34.8 Å². The van der Waals surface area contributed by atoms with Crippen LogP contribution in [0, 0.1) is 0 Å². The smallest absolute Gasteiger partial charge is 0.0426 e. The molecule has 0 aliphatic rings. The molecule has 1 N–H and O–H groups in total. The highest BCUT2D eigenvalue weighted by Gasteiger charge is 2.08. The molecular formula is C17H20Br2N2. The molecule has 2 aromatic carbocycles. The lowest BCUT2D eigenvalue weighted by Gasteiger charge is -2.23. The van der Waals surface area contributed by atoms with E-state index in [2.05, 4.69) is 98.5 Å². The number of rotatable bonds is 6. The Balaban J connectivity index is 2.17. The molecule has 0 aromatic heterocycles. The molecule has 0 aliphatic heterocycles. The maximum absolute atomic E-state index is 3.56. The molecule has 0 radical (unpaired) electrons. The molecule has 0 heterocycles. The second-order valence-corrected chi connectivity index (χ2v) is 6.87. The van der Waals surface area contributed by atoms with Gasteiger partial charge in [-0.1, -0.05) is 50.9 Å². The van der Waals surface area contributed by atoms with Gasteiger partial charge in [-0.25, -0.2) is 0 Å². The van der Waals surface area contributed by atoms with E-state index >= 15 is 0 Å². The third kappa shape index (κ3) is 4.83. The van der Waals surface area contributed by atoms with E-state index in [0.717, 1.165) is 28.6 Å². The minimum atomic E-state index is 0.885. The minimum absolute atomic E-state index is 0.885. The summed E-state index contributed by atoms with van der Waals surface area (Å²) >= 11 is 7.04. The van der Waals surface area contributed by atoms with Crippen LogP contribution in [0.3, 0.4) is 0 Å². The molecule has 0 amide bonds. The van der Waals surface area contributed by atoms with Gasteiger partial charge in [-0.05, 0) is 48.0 Å². The molecule has 2 nitrogen and oxygen atoms in total. The number of benzene rings is 2. The number of hydrogen-bond donors (Lipinski definition) is 1. The van der Waals surface area contributed by atoms with Gasteiger partial charge in [0.2, 0.25) is 0 Å². The van der Waals surface area contributed by atoms with Crippen LogP contribution in [0.1, 0.15) is 18.1 Å². The summed E-state index contributed by atoms with van der Waals surface area (Å²) in [5, 5.41) is 3.40. The van der Waals surface area contributed by atoms with E-state index < -0.39 is 0 Å². The first-order valence-electron chi connectivity index (χ1n) is 7.05. The van der Waals surface area contributed by atoms with Crippen molar-refractivity contribution in [2.45, 2.75) is 20.0 Å². The van der Waals surface area contributed by atoms with Crippen molar-refractivity contribution < 1.29 is 0 Å². The molecule has 0 fully saturated rings. The quantitative estimate of drug-likeness (QED) is 0.722. The zero-order valence-electron chi connectivity index (χ0n) is 12.4. The third-order valence-electron chi connectivity index (χ3n) is 3.35. The fourth-order valence-electron chi connectivity index (χ4n) is 2.28. The summed E-state index contributed by atoms with van der Waals surface area (Å²) in [5.41, 5.74) is 3.88. The molecule has 2 rings (SSSR count). The highest BCUT2D eigenvalue weighted by molar-refractivity contribution is 9.10. The first-order valence-corrected chi connectivity index (χ1v) is 8.63. The molecule has 0 bridgehead atoms. The Kier molecular flexibility index (Phi) is 6.27. The predicted molar refractivity (Wildman–Crippen MR) is 97.8 cm³/mol. The van der Waals surface area contributed by atoms with Crippen LogP contribution in [0.15, 0.2) is 51.4 Å². The summed E-state index contributed by atoms with van der Waals surface area (Å²) in [4.78, 5) is 2.29. The zero-order chi connectivity index (χ0) is 15.2. The fourth-order valence-corrected chi connectivity index (χ4v) is 2.95. The van der Waals surface area contributed by atoms with Crippen LogP contribution >= 0.6 is 31.9 Å². The number of hydrogen-bond acceptors (Lipinski definition) is 2. The highest BCUT2D eigenvalue weighted by Crippen LogP contribution is 2.25. The van der Waals surface area contributed by atoms with E-state index in [1.165, 1.54) is 16.8 Å². The van der Waals surface area contributed by atoms with Crippen molar-refractivity contribution in [1.82, 2.24) is 5.32 Å². The molecule has 0 atom stereocenters. The number of nitrogens with zero attached hydrogens (tertiary/aromatic N) is 1. The molecular weight excluding hydrogens is 392 g/mol. The van der Waals surface area contributed by atoms with Gasteiger partial charge in [0.1, 0.15) is 0 Å². The van der Waals surface area contributed by atoms with Crippen molar-refractivity contribution in [3.05, 3.63) is 62.5 Å². The molecule has 112 valence electrons. The Morgan fingerprint density at radius 1 is 1.00 bits per heavy atom. The van der Waals surface area contributed by atoms with Crippen molar-refractivity contribution in [3.8, 4) is 0 Å². The van der Waals surface area contributed by atoms with Crippen molar-refractivity contribution in [2.24, 2.45) is 0 Å². The van der Waals surface area contributed by atoms with Crippen LogP contribution in [0.5, 0.6) is 0 Å². The summed E-state index contributed by atoms with van der Waals surface area (Å²) in [7, 11) is 2.14. The molecule has 4 heteroatoms. The van der Waals surface area contributed by atoms with E-state index in [-0.39, 0.29) is 0 Å². The lowest BCUT2D eigenvalue weighted by Crippen LogP contribution is -2.20. The molecule has 0 spiro atoms. The summed E-state index contributed by atoms with van der Waals surface area (Å²) in [5.74, 6) is 0. The SMILES string of the molecule is CCNCc1cc(Br)ccc1N(C)Cc1ccc(Br)cc1. The second kappa shape index (κ2) is 7.97. The van der Waals surface area contributed by atoms with Gasteiger partial charge in [0.25, 0.3) is 0 Å². The molecule has 0 unspecified atom stereocenters. The second-order valence-electron chi connectivity index (χ2n) is 5.04. The van der Waals surface area contributed by atoms with Gasteiger partial charge >= 0.3 is 0 Å². The number of nitrogens with one attached hydrogen (secondary N) is 1. The van der Waals surface area contributed by atoms with Crippen molar-refractivity contribution in [3.63, 3.8) is 0 Å². The molecule has 0 saturated heterocycles. The third-order valence-corrected chi connectivity index (χ3v) is 4.37. The van der Waals surface area contributed by atoms with Gasteiger partial charge in [-0.15, -0.1) is 0 Å². The minimum Gasteiger partial charge on any atom is -0.370 e. The normalized spacial score (nSPS) is 10.7. The number of halogens is 2. The van der Waals surface area contributed by atoms with E-state index in [1.807, 2.05) is 0 Å². The van der Waals surface area contributed by atoms with Gasteiger partial charge in [0.15, 0.2) is 0 Å². The van der Waals surface area contributed by atoms with E-state index in [0.29, 0.717) is 0 Å². The Morgan fingerprint density at radius 3 is 2.33 bits per heavy atom. The van der Waals surface area contributed by atoms with Crippen LogP contribution in [0.4, 0.5) is 5.69 Å². The summed E-state index contributed by atoms with van der Waals surface area (Å²) in [6.45, 7) is 4.88. The Labute approximate surface area is 143 Å². The van der Waals surface area contributed by atoms with Gasteiger partial charge in [-0.2, -0.15) is 0 Å². The predicted octanol–water partition coefficient (Wildman–Crippen LogP) is 4.96. The Morgan fingerprint density at radius 2 is 1.67 bits per heavy atom. The zero-order valence-corrected chi connectivity index (χ0v) is 15.5. The van der Waals surface area contributed by atoms with E-state index in [9.17, 15) is 0 Å². The average Bonchev–Trinajstić information content (AvgIpc) is 2.47. The lowest BCUT2D eigenvalue weighted by molar-refractivity contribution is 0.723. The first kappa shape index (κ1) is 16.5. The van der Waals surface area contributed by atoms with Crippen molar-refractivity contribution >= 4 is 37.5 Å². The van der Waals surface area contributed by atoms with Crippen LogP contribution in [-0.4, -0.2) is 13.6 Å². The van der Waals surface area contributed by atoms with Crippen molar-refractivity contribution in [2.75, 3.05) is 18.5 Å². The molecule has 21 heavy (non-hydrogen) atoms.